The summed E-state index contributed by atoms with van der Waals surface area (Å²) in [6.45, 7) is 4.48. The third-order valence-corrected chi connectivity index (χ3v) is 6.34. The lowest BCUT2D eigenvalue weighted by molar-refractivity contribution is -0.126. The van der Waals surface area contributed by atoms with Crippen LogP contribution in [0.3, 0.4) is 0 Å². The molecule has 2 fully saturated rings. The highest BCUT2D eigenvalue weighted by atomic mass is 32.2. The second-order valence-corrected chi connectivity index (χ2v) is 9.11. The molecule has 0 bridgehead atoms. The zero-order valence-corrected chi connectivity index (χ0v) is 13.9. The molecule has 21 heavy (non-hydrogen) atoms. The molecule has 0 aromatic heterocycles. The molecule has 0 aromatic carbocycles. The molecular weight excluding hydrogens is 290 g/mol. The quantitative estimate of drug-likeness (QED) is 0.675. The van der Waals surface area contributed by atoms with Gasteiger partial charge in [0.15, 0.2) is 9.84 Å². The average molecular weight is 317 g/mol. The number of hydrogen-bond acceptors (Lipinski definition) is 5. The van der Waals surface area contributed by atoms with Crippen molar-refractivity contribution in [2.24, 2.45) is 11.7 Å². The molecule has 0 aromatic rings. The first-order valence-corrected chi connectivity index (χ1v) is 9.47. The minimum atomic E-state index is -2.92. The normalized spacial score (nSPS) is 28.0. The van der Waals surface area contributed by atoms with Crippen molar-refractivity contribution in [3.8, 4) is 0 Å². The Hall–Kier alpha value is -0.660. The summed E-state index contributed by atoms with van der Waals surface area (Å²) in [5.74, 6) is 0.362. The van der Waals surface area contributed by atoms with Crippen molar-refractivity contribution in [1.82, 2.24) is 10.2 Å². The second kappa shape index (κ2) is 5.85. The molecule has 2 unspecified atom stereocenters. The fourth-order valence-corrected chi connectivity index (χ4v) is 5.18. The van der Waals surface area contributed by atoms with Gasteiger partial charge in [0.1, 0.15) is 5.54 Å². The molecule has 0 spiro atoms. The Morgan fingerprint density at radius 1 is 1.38 bits per heavy atom. The van der Waals surface area contributed by atoms with E-state index in [1.54, 1.807) is 0 Å². The van der Waals surface area contributed by atoms with Crippen LogP contribution in [0.2, 0.25) is 0 Å². The number of hydrogen-bond donors (Lipinski definition) is 2. The third kappa shape index (κ3) is 3.76. The number of nitrogens with zero attached hydrogens (tertiary/aromatic N) is 1. The summed E-state index contributed by atoms with van der Waals surface area (Å²) in [5, 5.41) is 3.36. The Balaban J connectivity index is 2.13. The van der Waals surface area contributed by atoms with Crippen LogP contribution in [0.1, 0.15) is 33.1 Å². The van der Waals surface area contributed by atoms with E-state index in [0.717, 1.165) is 12.8 Å². The van der Waals surface area contributed by atoms with Crippen LogP contribution in [0, 0.1) is 5.92 Å². The second-order valence-electron chi connectivity index (χ2n) is 6.88. The van der Waals surface area contributed by atoms with Crippen molar-refractivity contribution < 1.29 is 13.2 Å². The smallest absolute Gasteiger partial charge is 0.239 e. The van der Waals surface area contributed by atoms with Crippen LogP contribution in [-0.2, 0) is 14.6 Å². The molecule has 7 heteroatoms. The van der Waals surface area contributed by atoms with Crippen LogP contribution < -0.4 is 11.1 Å². The Labute approximate surface area is 127 Å². The molecule has 1 saturated carbocycles. The van der Waals surface area contributed by atoms with Crippen molar-refractivity contribution in [1.29, 1.82) is 0 Å². The van der Waals surface area contributed by atoms with Crippen molar-refractivity contribution in [3.63, 3.8) is 0 Å². The van der Waals surface area contributed by atoms with E-state index in [4.69, 9.17) is 5.73 Å². The summed E-state index contributed by atoms with van der Waals surface area (Å²) in [5.41, 5.74) is 4.97. The van der Waals surface area contributed by atoms with E-state index >= 15 is 0 Å². The van der Waals surface area contributed by atoms with E-state index in [2.05, 4.69) is 5.32 Å². The van der Waals surface area contributed by atoms with E-state index < -0.39 is 15.4 Å². The van der Waals surface area contributed by atoms with Crippen LogP contribution in [-0.4, -0.2) is 61.9 Å². The van der Waals surface area contributed by atoms with Gasteiger partial charge in [-0.3, -0.25) is 15.0 Å². The summed E-state index contributed by atoms with van der Waals surface area (Å²) in [6, 6.07) is 0.139. The lowest BCUT2D eigenvalue weighted by Gasteiger charge is -2.39. The average Bonchev–Trinajstić information content (AvgIpc) is 3.12. The molecule has 3 N–H and O–H groups in total. The maximum absolute atomic E-state index is 12.1. The molecular formula is C14H27N3O3S. The molecule has 1 saturated heterocycles. The van der Waals surface area contributed by atoms with E-state index in [0.29, 0.717) is 13.0 Å². The van der Waals surface area contributed by atoms with E-state index in [9.17, 15) is 13.2 Å². The molecule has 1 amide bonds. The Morgan fingerprint density at radius 3 is 2.38 bits per heavy atom. The summed E-state index contributed by atoms with van der Waals surface area (Å²) < 4.78 is 23.3. The number of nitrogens with two attached hydrogens (primary N) is 1. The monoisotopic (exact) mass is 317 g/mol. The van der Waals surface area contributed by atoms with Gasteiger partial charge < -0.3 is 5.73 Å². The van der Waals surface area contributed by atoms with Gasteiger partial charge in [-0.2, -0.15) is 0 Å². The summed E-state index contributed by atoms with van der Waals surface area (Å²) >= 11 is 0. The maximum atomic E-state index is 12.1. The first-order chi connectivity index (χ1) is 9.66. The Kier molecular flexibility index (Phi) is 4.66. The van der Waals surface area contributed by atoms with Crippen LogP contribution in [0.5, 0.6) is 0 Å². The lowest BCUT2D eigenvalue weighted by atomic mass is 9.90. The van der Waals surface area contributed by atoms with Gasteiger partial charge in [-0.15, -0.1) is 0 Å². The third-order valence-electron chi connectivity index (χ3n) is 4.59. The highest BCUT2D eigenvalue weighted by Crippen LogP contribution is 2.41. The number of nitrogens with one attached hydrogen (secondary N) is 1. The number of carbonyl (C=O) groups is 1. The number of carbonyl (C=O) groups excluding carboxylic acids is 1. The van der Waals surface area contributed by atoms with Gasteiger partial charge in [-0.25, -0.2) is 8.42 Å². The number of sulfone groups is 1. The molecule has 1 aliphatic carbocycles. The van der Waals surface area contributed by atoms with Gasteiger partial charge >= 0.3 is 0 Å². The fraction of sp³-hybridized carbons (Fsp3) is 0.929. The van der Waals surface area contributed by atoms with Crippen LogP contribution in [0.25, 0.3) is 0 Å². The highest BCUT2D eigenvalue weighted by molar-refractivity contribution is 7.91. The number of likely N-dealkylation sites (N-methyl/N-ethyl adjacent to an activating group) is 1. The van der Waals surface area contributed by atoms with Gasteiger partial charge in [-0.05, 0) is 46.1 Å². The van der Waals surface area contributed by atoms with Crippen LogP contribution in [0.4, 0.5) is 0 Å². The standard InChI is InChI=1S/C14H27N3O3S/c1-10(2)16-14(13(15)18,11-4-5-11)9-17(3)12-6-7-21(19,20)8-12/h10-12,16H,4-9H2,1-3H3,(H2,15,18). The van der Waals surface area contributed by atoms with Crippen LogP contribution in [0.15, 0.2) is 0 Å². The number of primary amides is 1. The largest absolute Gasteiger partial charge is 0.368 e. The predicted molar refractivity (Wildman–Crippen MR) is 82.6 cm³/mol. The van der Waals surface area contributed by atoms with Gasteiger partial charge in [0.2, 0.25) is 5.91 Å². The molecule has 122 valence electrons. The van der Waals surface area contributed by atoms with Crippen LogP contribution >= 0.6 is 0 Å². The minimum Gasteiger partial charge on any atom is -0.368 e. The molecule has 2 atom stereocenters. The first kappa shape index (κ1) is 16.7. The zero-order chi connectivity index (χ0) is 15.8. The van der Waals surface area contributed by atoms with Gasteiger partial charge in [0.25, 0.3) is 0 Å². The molecule has 0 radical (unpaired) electrons. The summed E-state index contributed by atoms with van der Waals surface area (Å²) in [7, 11) is -1.03. The highest BCUT2D eigenvalue weighted by Gasteiger charge is 2.51. The van der Waals surface area contributed by atoms with Crippen molar-refractivity contribution >= 4 is 15.7 Å². The van der Waals surface area contributed by atoms with E-state index in [1.807, 2.05) is 25.8 Å². The molecule has 1 heterocycles. The summed E-state index contributed by atoms with van der Waals surface area (Å²) in [6.07, 6.45) is 2.64. The van der Waals surface area contributed by atoms with Gasteiger partial charge in [0.05, 0.1) is 11.5 Å². The summed E-state index contributed by atoms with van der Waals surface area (Å²) in [4.78, 5) is 14.1. The van der Waals surface area contributed by atoms with E-state index in [1.165, 1.54) is 0 Å². The zero-order valence-electron chi connectivity index (χ0n) is 13.1. The maximum Gasteiger partial charge on any atom is 0.239 e. The van der Waals surface area contributed by atoms with E-state index in [-0.39, 0.29) is 35.4 Å². The molecule has 6 nitrogen and oxygen atoms in total. The number of rotatable bonds is 7. The van der Waals surface area contributed by atoms with Gasteiger partial charge in [-0.1, -0.05) is 0 Å². The Bertz CT molecular complexity index is 502. The van der Waals surface area contributed by atoms with Crippen molar-refractivity contribution in [3.05, 3.63) is 0 Å². The lowest BCUT2D eigenvalue weighted by Crippen LogP contribution is -2.65. The Morgan fingerprint density at radius 2 is 2.00 bits per heavy atom. The SMILES string of the molecule is CC(C)NC(CN(C)C1CCS(=O)(=O)C1)(C(N)=O)C1CC1. The molecule has 2 rings (SSSR count). The number of amides is 1. The minimum absolute atomic E-state index is 0.0126. The van der Waals surface area contributed by atoms with Gasteiger partial charge in [0, 0.05) is 18.6 Å². The van der Waals surface area contributed by atoms with Crippen molar-refractivity contribution in [2.45, 2.75) is 50.7 Å². The fourth-order valence-electron chi connectivity index (χ4n) is 3.38. The van der Waals surface area contributed by atoms with Crippen molar-refractivity contribution in [2.75, 3.05) is 25.1 Å². The molecule has 2 aliphatic rings. The molecule has 1 aliphatic heterocycles. The topological polar surface area (TPSA) is 92.5 Å². The first-order valence-electron chi connectivity index (χ1n) is 7.64. The predicted octanol–water partition coefficient (Wildman–Crippen LogP) is -0.263.